The average molecular weight is 382 g/mol. The zero-order chi connectivity index (χ0) is 20.2. The lowest BCUT2D eigenvalue weighted by molar-refractivity contribution is -0.121. The molecule has 2 aromatic carbocycles. The predicted molar refractivity (Wildman–Crippen MR) is 108 cm³/mol. The molecular weight excluding hydrogens is 356 g/mol. The second kappa shape index (κ2) is 11.6. The minimum Gasteiger partial charge on any atom is -0.428 e. The molecule has 1 amide bonds. The summed E-state index contributed by atoms with van der Waals surface area (Å²) in [6.07, 6.45) is 1.14. The topological polar surface area (TPSA) is 99.7 Å². The molecule has 7 nitrogen and oxygen atoms in total. The molecule has 3 rings (SSSR count). The van der Waals surface area contributed by atoms with E-state index in [0.717, 1.165) is 38.9 Å². The first-order chi connectivity index (χ1) is 13.6. The normalized spacial score (nSPS) is 14.4. The Bertz CT molecular complexity index is 759. The number of rotatable bonds is 7. The van der Waals surface area contributed by atoms with E-state index in [2.05, 4.69) is 38.8 Å². The van der Waals surface area contributed by atoms with Crippen LogP contribution in [0.25, 0.3) is 0 Å². The second-order valence-electron chi connectivity index (χ2n) is 6.40. The average Bonchev–Trinajstić information content (AvgIpc) is 2.71. The molecule has 1 heterocycles. The maximum Gasteiger partial charge on any atom is 0.298 e. The van der Waals surface area contributed by atoms with Crippen molar-refractivity contribution in [3.8, 4) is 5.75 Å². The Morgan fingerprint density at radius 1 is 1.00 bits per heavy atom. The molecule has 0 saturated carbocycles. The van der Waals surface area contributed by atoms with E-state index in [0.29, 0.717) is 24.3 Å². The van der Waals surface area contributed by atoms with Crippen molar-refractivity contribution in [3.05, 3.63) is 65.7 Å². The number of nitrogens with zero attached hydrogens (tertiary/aromatic N) is 2. The Morgan fingerprint density at radius 3 is 2.21 bits per heavy atom. The molecule has 2 aromatic rings. The number of benzene rings is 2. The molecule has 1 saturated heterocycles. The number of para-hydroxylation sites is 1. The number of piperazine rings is 1. The highest BCUT2D eigenvalue weighted by molar-refractivity contribution is 5.81. The van der Waals surface area contributed by atoms with Crippen LogP contribution in [0, 0.1) is 5.41 Å². The number of nitrogens with two attached hydrogens (primary N) is 1. The molecule has 28 heavy (non-hydrogen) atoms. The Balaban J connectivity index is 0.000000221. The van der Waals surface area contributed by atoms with E-state index in [-0.39, 0.29) is 5.91 Å². The molecule has 3 N–H and O–H groups in total. The number of hydrogen-bond acceptors (Lipinski definition) is 6. The van der Waals surface area contributed by atoms with Crippen LogP contribution in [-0.4, -0.2) is 61.1 Å². The van der Waals surface area contributed by atoms with Crippen LogP contribution >= 0.6 is 0 Å². The molecule has 0 radical (unpaired) electrons. The van der Waals surface area contributed by atoms with Gasteiger partial charge in [0.2, 0.25) is 5.91 Å². The van der Waals surface area contributed by atoms with Crippen molar-refractivity contribution in [1.82, 2.24) is 9.80 Å². The van der Waals surface area contributed by atoms with Gasteiger partial charge >= 0.3 is 0 Å². The lowest BCUT2D eigenvalue weighted by atomic mass is 10.2. The zero-order valence-corrected chi connectivity index (χ0v) is 15.8. The van der Waals surface area contributed by atoms with Gasteiger partial charge in [0.15, 0.2) is 0 Å². The molecule has 0 spiro atoms. The SMILES string of the molecule is N=Cc1ccccc1OC=O.NC(=O)CN1CCN(Cc2ccccc2)CC1. The smallest absolute Gasteiger partial charge is 0.298 e. The van der Waals surface area contributed by atoms with Gasteiger partial charge in [-0.05, 0) is 17.7 Å². The Morgan fingerprint density at radius 2 is 1.61 bits per heavy atom. The molecule has 1 aliphatic heterocycles. The molecule has 0 aliphatic carbocycles. The summed E-state index contributed by atoms with van der Waals surface area (Å²) in [5, 5.41) is 6.94. The van der Waals surface area contributed by atoms with Crippen molar-refractivity contribution in [3.63, 3.8) is 0 Å². The Hall–Kier alpha value is -3.03. The lowest BCUT2D eigenvalue weighted by Gasteiger charge is -2.33. The molecular formula is C21H26N4O3. The van der Waals surface area contributed by atoms with Crippen molar-refractivity contribution in [1.29, 1.82) is 5.41 Å². The number of carbonyl (C=O) groups excluding carboxylic acids is 2. The van der Waals surface area contributed by atoms with Gasteiger partial charge in [-0.25, -0.2) is 0 Å². The van der Waals surface area contributed by atoms with Gasteiger partial charge < -0.3 is 15.9 Å². The third-order valence-electron chi connectivity index (χ3n) is 4.34. The van der Waals surface area contributed by atoms with E-state index in [1.54, 1.807) is 24.3 Å². The fraction of sp³-hybridized carbons (Fsp3) is 0.286. The van der Waals surface area contributed by atoms with E-state index in [4.69, 9.17) is 11.1 Å². The van der Waals surface area contributed by atoms with Crippen LogP contribution in [0.2, 0.25) is 0 Å². The van der Waals surface area contributed by atoms with E-state index in [9.17, 15) is 9.59 Å². The Labute approximate surface area is 165 Å². The minimum atomic E-state index is -0.235. The zero-order valence-electron chi connectivity index (χ0n) is 15.8. The maximum atomic E-state index is 10.8. The number of nitrogens with one attached hydrogen (secondary N) is 1. The molecule has 1 aliphatic rings. The third-order valence-corrected chi connectivity index (χ3v) is 4.34. The molecule has 7 heteroatoms. The number of ether oxygens (including phenoxy) is 1. The first-order valence-electron chi connectivity index (χ1n) is 9.09. The van der Waals surface area contributed by atoms with Gasteiger partial charge in [-0.3, -0.25) is 19.4 Å². The van der Waals surface area contributed by atoms with Crippen LogP contribution in [0.15, 0.2) is 54.6 Å². The summed E-state index contributed by atoms with van der Waals surface area (Å²) in [5.41, 5.74) is 7.13. The van der Waals surface area contributed by atoms with Crippen LogP contribution in [0.1, 0.15) is 11.1 Å². The summed E-state index contributed by atoms with van der Waals surface area (Å²) < 4.78 is 4.60. The van der Waals surface area contributed by atoms with E-state index in [1.165, 1.54) is 5.56 Å². The molecule has 148 valence electrons. The van der Waals surface area contributed by atoms with Crippen molar-refractivity contribution in [2.75, 3.05) is 32.7 Å². The predicted octanol–water partition coefficient (Wildman–Crippen LogP) is 1.51. The van der Waals surface area contributed by atoms with Crippen molar-refractivity contribution >= 4 is 18.6 Å². The van der Waals surface area contributed by atoms with Crippen LogP contribution in [0.5, 0.6) is 5.75 Å². The summed E-state index contributed by atoms with van der Waals surface area (Å²) in [7, 11) is 0. The summed E-state index contributed by atoms with van der Waals surface area (Å²) in [6.45, 7) is 5.59. The van der Waals surface area contributed by atoms with Crippen LogP contribution in [-0.2, 0) is 16.1 Å². The summed E-state index contributed by atoms with van der Waals surface area (Å²) >= 11 is 0. The van der Waals surface area contributed by atoms with Crippen molar-refractivity contribution in [2.24, 2.45) is 5.73 Å². The minimum absolute atomic E-state index is 0.235. The highest BCUT2D eigenvalue weighted by atomic mass is 16.5. The molecule has 0 aromatic heterocycles. The third kappa shape index (κ3) is 7.30. The van der Waals surface area contributed by atoms with Gasteiger partial charge in [0.05, 0.1) is 6.54 Å². The van der Waals surface area contributed by atoms with E-state index < -0.39 is 0 Å². The fourth-order valence-electron chi connectivity index (χ4n) is 2.93. The first kappa shape index (κ1) is 21.3. The summed E-state index contributed by atoms with van der Waals surface area (Å²) in [6, 6.07) is 17.3. The van der Waals surface area contributed by atoms with Crippen LogP contribution < -0.4 is 10.5 Å². The van der Waals surface area contributed by atoms with Crippen LogP contribution in [0.3, 0.4) is 0 Å². The lowest BCUT2D eigenvalue weighted by Crippen LogP contribution is -2.48. The summed E-state index contributed by atoms with van der Waals surface area (Å²) in [5.74, 6) is 0.180. The fourth-order valence-corrected chi connectivity index (χ4v) is 2.93. The highest BCUT2D eigenvalue weighted by Gasteiger charge is 2.17. The largest absolute Gasteiger partial charge is 0.428 e. The van der Waals surface area contributed by atoms with Gasteiger partial charge in [-0.1, -0.05) is 42.5 Å². The van der Waals surface area contributed by atoms with Crippen molar-refractivity contribution < 1.29 is 14.3 Å². The Kier molecular flexibility index (Phi) is 8.84. The number of carbonyl (C=O) groups is 2. The number of hydrogen-bond donors (Lipinski definition) is 2. The molecule has 0 atom stereocenters. The maximum absolute atomic E-state index is 10.8. The molecule has 1 fully saturated rings. The molecule has 0 bridgehead atoms. The van der Waals surface area contributed by atoms with E-state index >= 15 is 0 Å². The van der Waals surface area contributed by atoms with Crippen molar-refractivity contribution in [2.45, 2.75) is 6.54 Å². The number of primary amides is 1. The van der Waals surface area contributed by atoms with Gasteiger partial charge in [-0.2, -0.15) is 0 Å². The van der Waals surface area contributed by atoms with Gasteiger partial charge in [0, 0.05) is 44.5 Å². The number of amides is 1. The summed E-state index contributed by atoms with van der Waals surface area (Å²) in [4.78, 5) is 25.3. The first-order valence-corrected chi connectivity index (χ1v) is 9.09. The second-order valence-corrected chi connectivity index (χ2v) is 6.40. The van der Waals surface area contributed by atoms with Gasteiger partial charge in [-0.15, -0.1) is 0 Å². The molecule has 0 unspecified atom stereocenters. The van der Waals surface area contributed by atoms with E-state index in [1.807, 2.05) is 6.07 Å². The standard InChI is InChI=1S/C13H19N3O.C8H7NO2/c14-13(17)11-16-8-6-15(7-9-16)10-12-4-2-1-3-5-12;9-5-7-3-1-2-4-8(7)11-6-10/h1-5H,6-11H2,(H2,14,17);1-6,9H. The van der Waals surface area contributed by atoms with Crippen LogP contribution in [0.4, 0.5) is 0 Å². The highest BCUT2D eigenvalue weighted by Crippen LogP contribution is 2.14. The monoisotopic (exact) mass is 382 g/mol. The quantitative estimate of drug-likeness (QED) is 0.559. The van der Waals surface area contributed by atoms with Gasteiger partial charge in [0.1, 0.15) is 5.75 Å². The van der Waals surface area contributed by atoms with Gasteiger partial charge in [0.25, 0.3) is 6.47 Å².